The van der Waals surface area contributed by atoms with Gasteiger partial charge in [-0.1, -0.05) is 12.1 Å². The van der Waals surface area contributed by atoms with Crippen LogP contribution in [0.25, 0.3) is 22.2 Å². The molecule has 0 saturated carbocycles. The summed E-state index contributed by atoms with van der Waals surface area (Å²) in [7, 11) is 10.4. The molecule has 2 heterocycles. The van der Waals surface area contributed by atoms with Gasteiger partial charge in [-0.25, -0.2) is 4.98 Å². The van der Waals surface area contributed by atoms with Crippen molar-refractivity contribution < 1.29 is 0 Å². The Bertz CT molecular complexity index is 887. The van der Waals surface area contributed by atoms with Crippen LogP contribution in [-0.4, -0.2) is 63.2 Å². The van der Waals surface area contributed by atoms with Crippen LogP contribution in [0.5, 0.6) is 0 Å². The summed E-state index contributed by atoms with van der Waals surface area (Å²) in [5.41, 5.74) is 4.23. The number of benzene rings is 1. The highest BCUT2D eigenvalue weighted by molar-refractivity contribution is 5.92. The predicted octanol–water partition coefficient (Wildman–Crippen LogP) is 3.75. The van der Waals surface area contributed by atoms with Crippen LogP contribution in [0.1, 0.15) is 6.42 Å². The van der Waals surface area contributed by atoms with Crippen molar-refractivity contribution in [2.24, 2.45) is 0 Å². The predicted molar refractivity (Wildman–Crippen MR) is 116 cm³/mol. The SMILES string of the molecule is CN(C)CCCN(C)c1nc(-c2ccc(N(C)C)cc2)cc2ncccc12. The summed E-state index contributed by atoms with van der Waals surface area (Å²) in [6, 6.07) is 14.7. The molecule has 1 aromatic carbocycles. The Balaban J connectivity index is 1.97. The molecule has 5 heteroatoms. The number of rotatable bonds is 7. The summed E-state index contributed by atoms with van der Waals surface area (Å²) in [4.78, 5) is 16.1. The Morgan fingerprint density at radius 1 is 0.889 bits per heavy atom. The number of fused-ring (bicyclic) bond motifs is 1. The topological polar surface area (TPSA) is 35.5 Å². The first-order chi connectivity index (χ1) is 13.0. The maximum absolute atomic E-state index is 5.00. The smallest absolute Gasteiger partial charge is 0.138 e. The van der Waals surface area contributed by atoms with Gasteiger partial charge in [0.1, 0.15) is 5.82 Å². The first-order valence-corrected chi connectivity index (χ1v) is 9.35. The van der Waals surface area contributed by atoms with Crippen LogP contribution < -0.4 is 9.80 Å². The Hall–Kier alpha value is -2.66. The van der Waals surface area contributed by atoms with Crippen molar-refractivity contribution in [3.05, 3.63) is 48.7 Å². The molecule has 0 fully saturated rings. The van der Waals surface area contributed by atoms with Crippen LogP contribution in [0.3, 0.4) is 0 Å². The monoisotopic (exact) mass is 363 g/mol. The van der Waals surface area contributed by atoms with E-state index >= 15 is 0 Å². The van der Waals surface area contributed by atoms with Crippen molar-refractivity contribution in [3.8, 4) is 11.3 Å². The fraction of sp³-hybridized carbons (Fsp3) is 0.364. The fourth-order valence-electron chi connectivity index (χ4n) is 3.16. The second-order valence-electron chi connectivity index (χ2n) is 7.42. The number of aromatic nitrogens is 2. The lowest BCUT2D eigenvalue weighted by molar-refractivity contribution is 0.401. The molecular formula is C22H29N5. The number of hydrogen-bond donors (Lipinski definition) is 0. The van der Waals surface area contributed by atoms with Crippen molar-refractivity contribution in [1.82, 2.24) is 14.9 Å². The Labute approximate surface area is 162 Å². The van der Waals surface area contributed by atoms with Gasteiger partial charge in [0, 0.05) is 50.5 Å². The lowest BCUT2D eigenvalue weighted by Crippen LogP contribution is -2.24. The van der Waals surface area contributed by atoms with Crippen molar-refractivity contribution >= 4 is 22.4 Å². The third kappa shape index (κ3) is 4.55. The summed E-state index contributed by atoms with van der Waals surface area (Å²) in [5, 5.41) is 1.10. The molecule has 0 amide bonds. The molecular weight excluding hydrogens is 334 g/mol. The normalized spacial score (nSPS) is 11.2. The lowest BCUT2D eigenvalue weighted by atomic mass is 10.1. The zero-order valence-corrected chi connectivity index (χ0v) is 17.0. The minimum atomic E-state index is 0.957. The minimum absolute atomic E-state index is 0.957. The molecule has 27 heavy (non-hydrogen) atoms. The first kappa shape index (κ1) is 19.1. The maximum Gasteiger partial charge on any atom is 0.138 e. The van der Waals surface area contributed by atoms with Gasteiger partial charge in [-0.15, -0.1) is 0 Å². The summed E-state index contributed by atoms with van der Waals surface area (Å²) >= 11 is 0. The largest absolute Gasteiger partial charge is 0.378 e. The third-order valence-electron chi connectivity index (χ3n) is 4.72. The van der Waals surface area contributed by atoms with E-state index in [4.69, 9.17) is 4.98 Å². The quantitative estimate of drug-likeness (QED) is 0.639. The van der Waals surface area contributed by atoms with E-state index in [1.807, 2.05) is 26.4 Å². The zero-order valence-electron chi connectivity index (χ0n) is 17.0. The van der Waals surface area contributed by atoms with Crippen molar-refractivity contribution in [2.75, 3.05) is 58.1 Å². The lowest BCUT2D eigenvalue weighted by Gasteiger charge is -2.22. The molecule has 0 N–H and O–H groups in total. The van der Waals surface area contributed by atoms with Gasteiger partial charge in [-0.3, -0.25) is 4.98 Å². The van der Waals surface area contributed by atoms with Gasteiger partial charge in [0.15, 0.2) is 0 Å². The molecule has 0 spiro atoms. The van der Waals surface area contributed by atoms with Gasteiger partial charge in [0.25, 0.3) is 0 Å². The summed E-state index contributed by atoms with van der Waals surface area (Å²) < 4.78 is 0. The number of hydrogen-bond acceptors (Lipinski definition) is 5. The van der Waals surface area contributed by atoms with Gasteiger partial charge in [-0.05, 0) is 57.4 Å². The Morgan fingerprint density at radius 2 is 1.63 bits per heavy atom. The van der Waals surface area contributed by atoms with E-state index in [1.54, 1.807) is 0 Å². The van der Waals surface area contributed by atoms with Crippen LogP contribution in [0.2, 0.25) is 0 Å². The first-order valence-electron chi connectivity index (χ1n) is 9.35. The molecule has 0 bridgehead atoms. The van der Waals surface area contributed by atoms with E-state index in [1.165, 1.54) is 5.69 Å². The van der Waals surface area contributed by atoms with Crippen molar-refractivity contribution in [3.63, 3.8) is 0 Å². The average Bonchev–Trinajstić information content (AvgIpc) is 2.66. The summed E-state index contributed by atoms with van der Waals surface area (Å²) in [5.74, 6) is 0.992. The third-order valence-corrected chi connectivity index (χ3v) is 4.72. The van der Waals surface area contributed by atoms with E-state index in [9.17, 15) is 0 Å². The van der Waals surface area contributed by atoms with E-state index < -0.39 is 0 Å². The highest BCUT2D eigenvalue weighted by Crippen LogP contribution is 2.29. The molecule has 2 aromatic heterocycles. The minimum Gasteiger partial charge on any atom is -0.378 e. The highest BCUT2D eigenvalue weighted by atomic mass is 15.2. The van der Waals surface area contributed by atoms with Crippen LogP contribution in [-0.2, 0) is 0 Å². The van der Waals surface area contributed by atoms with Crippen molar-refractivity contribution in [2.45, 2.75) is 6.42 Å². The number of nitrogens with zero attached hydrogens (tertiary/aromatic N) is 5. The van der Waals surface area contributed by atoms with Gasteiger partial charge >= 0.3 is 0 Å². The molecule has 0 aliphatic rings. The standard InChI is InChI=1S/C22H29N5/c1-25(2)14-7-15-27(5)22-19-8-6-13-23-21(19)16-20(24-22)17-9-11-18(12-10-17)26(3)4/h6,8-13,16H,7,14-15H2,1-5H3. The van der Waals surface area contributed by atoms with E-state index in [0.29, 0.717) is 0 Å². The summed E-state index contributed by atoms with van der Waals surface area (Å²) in [6.45, 7) is 2.02. The van der Waals surface area contributed by atoms with Crippen LogP contribution in [0.15, 0.2) is 48.7 Å². The Morgan fingerprint density at radius 3 is 2.30 bits per heavy atom. The molecule has 0 saturated heterocycles. The Kier molecular flexibility index (Phi) is 5.91. The van der Waals surface area contributed by atoms with Crippen LogP contribution in [0.4, 0.5) is 11.5 Å². The van der Waals surface area contributed by atoms with E-state index in [0.717, 1.165) is 47.5 Å². The zero-order chi connectivity index (χ0) is 19.4. The second-order valence-corrected chi connectivity index (χ2v) is 7.42. The highest BCUT2D eigenvalue weighted by Gasteiger charge is 2.12. The second kappa shape index (κ2) is 8.35. The van der Waals surface area contributed by atoms with E-state index in [2.05, 4.69) is 77.2 Å². The molecule has 142 valence electrons. The molecule has 0 radical (unpaired) electrons. The molecule has 3 aromatic rings. The van der Waals surface area contributed by atoms with Crippen LogP contribution in [0, 0.1) is 0 Å². The molecule has 0 aliphatic heterocycles. The van der Waals surface area contributed by atoms with Crippen molar-refractivity contribution in [1.29, 1.82) is 0 Å². The fourth-order valence-corrected chi connectivity index (χ4v) is 3.16. The van der Waals surface area contributed by atoms with Gasteiger partial charge in [-0.2, -0.15) is 0 Å². The summed E-state index contributed by atoms with van der Waals surface area (Å²) in [6.07, 6.45) is 2.94. The molecule has 5 nitrogen and oxygen atoms in total. The molecule has 0 atom stereocenters. The molecule has 0 unspecified atom stereocenters. The average molecular weight is 364 g/mol. The van der Waals surface area contributed by atoms with Gasteiger partial charge in [0.2, 0.25) is 0 Å². The number of anilines is 2. The van der Waals surface area contributed by atoms with Gasteiger partial charge in [0.05, 0.1) is 11.2 Å². The van der Waals surface area contributed by atoms with E-state index in [-0.39, 0.29) is 0 Å². The number of pyridine rings is 2. The molecule has 0 aliphatic carbocycles. The van der Waals surface area contributed by atoms with Gasteiger partial charge < -0.3 is 14.7 Å². The van der Waals surface area contributed by atoms with Crippen LogP contribution >= 0.6 is 0 Å². The maximum atomic E-state index is 5.00. The molecule has 3 rings (SSSR count).